The molecule has 2 aromatic rings. The average Bonchev–Trinajstić information content (AvgIpc) is 2.75. The van der Waals surface area contributed by atoms with E-state index in [-0.39, 0.29) is 5.82 Å². The van der Waals surface area contributed by atoms with Crippen molar-refractivity contribution in [2.75, 3.05) is 6.54 Å². The molecule has 18 heavy (non-hydrogen) atoms. The van der Waals surface area contributed by atoms with Gasteiger partial charge in [0, 0.05) is 26.4 Å². The van der Waals surface area contributed by atoms with Crippen LogP contribution >= 0.6 is 0 Å². The van der Waals surface area contributed by atoms with Gasteiger partial charge in [-0.3, -0.25) is 0 Å². The summed E-state index contributed by atoms with van der Waals surface area (Å²) in [5.74, 6) is 1.06. The lowest BCUT2D eigenvalue weighted by atomic mass is 10.1. The summed E-state index contributed by atoms with van der Waals surface area (Å²) >= 11 is 0. The van der Waals surface area contributed by atoms with Crippen LogP contribution in [0.2, 0.25) is 0 Å². The predicted octanol–water partition coefficient (Wildman–Crippen LogP) is 2.16. The number of hydrogen-bond acceptors (Lipinski definition) is 4. The molecule has 0 radical (unpaired) electrons. The molecule has 0 aliphatic carbocycles. The van der Waals surface area contributed by atoms with E-state index in [4.69, 9.17) is 4.52 Å². The number of aryl methyl sites for hydroxylation is 2. The second-order valence-electron chi connectivity index (χ2n) is 4.23. The number of nitrogens with zero attached hydrogens (tertiary/aromatic N) is 2. The average molecular weight is 249 g/mol. The summed E-state index contributed by atoms with van der Waals surface area (Å²) in [6, 6.07) is 4.82. The molecule has 0 saturated carbocycles. The van der Waals surface area contributed by atoms with E-state index in [1.807, 2.05) is 6.92 Å². The van der Waals surface area contributed by atoms with Crippen molar-refractivity contribution in [1.29, 1.82) is 0 Å². The molecule has 0 aliphatic heterocycles. The van der Waals surface area contributed by atoms with Gasteiger partial charge in [-0.1, -0.05) is 11.2 Å². The molecule has 4 nitrogen and oxygen atoms in total. The van der Waals surface area contributed by atoms with Gasteiger partial charge in [0.05, 0.1) is 0 Å². The molecular weight excluding hydrogens is 233 g/mol. The number of aromatic nitrogens is 2. The summed E-state index contributed by atoms with van der Waals surface area (Å²) in [6.07, 6.45) is 0.700. The van der Waals surface area contributed by atoms with Gasteiger partial charge in [0.1, 0.15) is 5.82 Å². The van der Waals surface area contributed by atoms with Crippen LogP contribution < -0.4 is 5.32 Å². The number of hydrogen-bond donors (Lipinski definition) is 1. The maximum atomic E-state index is 13.1. The fourth-order valence-electron chi connectivity index (χ4n) is 1.70. The van der Waals surface area contributed by atoms with Crippen LogP contribution in [-0.2, 0) is 13.0 Å². The molecule has 5 heteroatoms. The van der Waals surface area contributed by atoms with Crippen LogP contribution in [-0.4, -0.2) is 16.7 Å². The Bertz CT molecular complexity index is 525. The van der Waals surface area contributed by atoms with Gasteiger partial charge in [-0.25, -0.2) is 4.39 Å². The quantitative estimate of drug-likeness (QED) is 0.825. The molecule has 1 N–H and O–H groups in total. The van der Waals surface area contributed by atoms with Gasteiger partial charge in [0.15, 0.2) is 5.82 Å². The minimum atomic E-state index is -0.203. The van der Waals surface area contributed by atoms with Gasteiger partial charge in [-0.15, -0.1) is 0 Å². The fraction of sp³-hybridized carbons (Fsp3) is 0.385. The molecule has 0 spiro atoms. The Balaban J connectivity index is 1.80. The van der Waals surface area contributed by atoms with Crippen molar-refractivity contribution in [1.82, 2.24) is 15.5 Å². The maximum Gasteiger partial charge on any atom is 0.223 e. The highest BCUT2D eigenvalue weighted by Crippen LogP contribution is 2.09. The first kappa shape index (κ1) is 12.7. The maximum absolute atomic E-state index is 13.1. The molecule has 0 aliphatic rings. The lowest BCUT2D eigenvalue weighted by Crippen LogP contribution is -2.18. The summed E-state index contributed by atoms with van der Waals surface area (Å²) in [5, 5.41) is 7.05. The second-order valence-corrected chi connectivity index (χ2v) is 4.23. The van der Waals surface area contributed by atoms with Crippen LogP contribution in [0.3, 0.4) is 0 Å². The first-order chi connectivity index (χ1) is 8.65. The molecule has 0 bridgehead atoms. The summed E-state index contributed by atoms with van der Waals surface area (Å²) in [6.45, 7) is 5.11. The monoisotopic (exact) mass is 249 g/mol. The van der Waals surface area contributed by atoms with E-state index in [1.54, 1.807) is 19.1 Å². The van der Waals surface area contributed by atoms with Crippen LogP contribution in [0, 0.1) is 19.7 Å². The van der Waals surface area contributed by atoms with Gasteiger partial charge in [0.25, 0.3) is 0 Å². The summed E-state index contributed by atoms with van der Waals surface area (Å²) < 4.78 is 17.9. The second kappa shape index (κ2) is 5.73. The van der Waals surface area contributed by atoms with Gasteiger partial charge in [-0.2, -0.15) is 4.98 Å². The standard InChI is InChI=1S/C13H16FN3O/c1-9-3-4-12(14)7-11(9)8-15-6-5-13-16-10(2)18-17-13/h3-4,7,15H,5-6,8H2,1-2H3. The summed E-state index contributed by atoms with van der Waals surface area (Å²) in [7, 11) is 0. The minimum absolute atomic E-state index is 0.203. The molecule has 0 saturated heterocycles. The van der Waals surface area contributed by atoms with Crippen molar-refractivity contribution >= 4 is 0 Å². The lowest BCUT2D eigenvalue weighted by Gasteiger charge is -2.06. The Morgan fingerprint density at radius 1 is 1.33 bits per heavy atom. The number of rotatable bonds is 5. The third-order valence-electron chi connectivity index (χ3n) is 2.72. The van der Waals surface area contributed by atoms with E-state index in [1.165, 1.54) is 6.07 Å². The predicted molar refractivity (Wildman–Crippen MR) is 65.6 cm³/mol. The SMILES string of the molecule is Cc1nc(CCNCc2cc(F)ccc2C)no1. The highest BCUT2D eigenvalue weighted by molar-refractivity contribution is 5.26. The number of nitrogens with one attached hydrogen (secondary N) is 1. The zero-order chi connectivity index (χ0) is 13.0. The Labute approximate surface area is 105 Å². The Kier molecular flexibility index (Phi) is 4.04. The van der Waals surface area contributed by atoms with Crippen molar-refractivity contribution in [2.45, 2.75) is 26.8 Å². The Hall–Kier alpha value is -1.75. The molecule has 0 amide bonds. The fourth-order valence-corrected chi connectivity index (χ4v) is 1.70. The smallest absolute Gasteiger partial charge is 0.223 e. The third kappa shape index (κ3) is 3.37. The van der Waals surface area contributed by atoms with Crippen molar-refractivity contribution in [3.05, 3.63) is 46.9 Å². The van der Waals surface area contributed by atoms with Gasteiger partial charge < -0.3 is 9.84 Å². The van der Waals surface area contributed by atoms with Crippen molar-refractivity contribution in [2.24, 2.45) is 0 Å². The number of benzene rings is 1. The molecule has 1 aromatic heterocycles. The molecular formula is C13H16FN3O. The van der Waals surface area contributed by atoms with E-state index >= 15 is 0 Å². The lowest BCUT2D eigenvalue weighted by molar-refractivity contribution is 0.387. The first-order valence-corrected chi connectivity index (χ1v) is 5.90. The van der Waals surface area contributed by atoms with E-state index in [0.717, 1.165) is 17.7 Å². The largest absolute Gasteiger partial charge is 0.340 e. The molecule has 2 rings (SSSR count). The Morgan fingerprint density at radius 2 is 2.17 bits per heavy atom. The van der Waals surface area contributed by atoms with Crippen molar-refractivity contribution < 1.29 is 8.91 Å². The normalized spacial score (nSPS) is 10.8. The van der Waals surface area contributed by atoms with Crippen LogP contribution in [0.1, 0.15) is 22.8 Å². The van der Waals surface area contributed by atoms with Gasteiger partial charge in [0.2, 0.25) is 5.89 Å². The van der Waals surface area contributed by atoms with Crippen LogP contribution in [0.4, 0.5) is 4.39 Å². The van der Waals surface area contributed by atoms with Crippen LogP contribution in [0.5, 0.6) is 0 Å². The van der Waals surface area contributed by atoms with Crippen molar-refractivity contribution in [3.8, 4) is 0 Å². The zero-order valence-corrected chi connectivity index (χ0v) is 10.5. The zero-order valence-electron chi connectivity index (χ0n) is 10.5. The molecule has 96 valence electrons. The van der Waals surface area contributed by atoms with E-state index in [9.17, 15) is 4.39 Å². The van der Waals surface area contributed by atoms with Crippen LogP contribution in [0.25, 0.3) is 0 Å². The van der Waals surface area contributed by atoms with E-state index in [2.05, 4.69) is 15.5 Å². The highest BCUT2D eigenvalue weighted by atomic mass is 19.1. The third-order valence-corrected chi connectivity index (χ3v) is 2.72. The van der Waals surface area contributed by atoms with Gasteiger partial charge >= 0.3 is 0 Å². The summed E-state index contributed by atoms with van der Waals surface area (Å²) in [5.41, 5.74) is 2.05. The van der Waals surface area contributed by atoms with Crippen molar-refractivity contribution in [3.63, 3.8) is 0 Å². The first-order valence-electron chi connectivity index (χ1n) is 5.90. The topological polar surface area (TPSA) is 51.0 Å². The summed E-state index contributed by atoms with van der Waals surface area (Å²) in [4.78, 5) is 4.11. The highest BCUT2D eigenvalue weighted by Gasteiger charge is 2.03. The van der Waals surface area contributed by atoms with E-state index < -0.39 is 0 Å². The molecule has 0 atom stereocenters. The molecule has 1 heterocycles. The molecule has 0 unspecified atom stereocenters. The Morgan fingerprint density at radius 3 is 2.89 bits per heavy atom. The molecule has 0 fully saturated rings. The minimum Gasteiger partial charge on any atom is -0.340 e. The van der Waals surface area contributed by atoms with E-state index in [0.29, 0.717) is 24.7 Å². The molecule has 1 aromatic carbocycles. The van der Waals surface area contributed by atoms with Gasteiger partial charge in [-0.05, 0) is 30.2 Å². The number of halogens is 1. The van der Waals surface area contributed by atoms with Crippen LogP contribution in [0.15, 0.2) is 22.7 Å².